The second-order valence-corrected chi connectivity index (χ2v) is 4.99. The van der Waals surface area contributed by atoms with Crippen LogP contribution < -0.4 is 0 Å². The first-order valence-corrected chi connectivity index (χ1v) is 6.89. The third kappa shape index (κ3) is 3.01. The van der Waals surface area contributed by atoms with Crippen LogP contribution in [0.3, 0.4) is 0 Å². The van der Waals surface area contributed by atoms with Gasteiger partial charge in [0.05, 0.1) is 22.3 Å². The van der Waals surface area contributed by atoms with E-state index in [-0.39, 0.29) is 22.3 Å². The molecular formula is C17H11F3N2O2. The van der Waals surface area contributed by atoms with Gasteiger partial charge in [-0.2, -0.15) is 13.2 Å². The maximum absolute atomic E-state index is 13.2. The summed E-state index contributed by atoms with van der Waals surface area (Å²) in [5, 5.41) is 19.8. The topological polar surface area (TPSA) is 66.2 Å². The third-order valence-electron chi connectivity index (χ3n) is 3.32. The highest BCUT2D eigenvalue weighted by atomic mass is 19.4. The van der Waals surface area contributed by atoms with Gasteiger partial charge < -0.3 is 10.2 Å². The Morgan fingerprint density at radius 1 is 0.917 bits per heavy atom. The van der Waals surface area contributed by atoms with Crippen LogP contribution in [0.5, 0.6) is 5.75 Å². The van der Waals surface area contributed by atoms with Crippen molar-refractivity contribution in [3.63, 3.8) is 0 Å². The quantitative estimate of drug-likeness (QED) is 0.682. The van der Waals surface area contributed by atoms with E-state index in [0.717, 1.165) is 6.08 Å². The number of aromatic nitrogens is 2. The van der Waals surface area contributed by atoms with Crippen molar-refractivity contribution in [1.29, 1.82) is 0 Å². The lowest BCUT2D eigenvalue weighted by Gasteiger charge is -2.11. The van der Waals surface area contributed by atoms with Crippen molar-refractivity contribution in [2.45, 2.75) is 6.18 Å². The van der Waals surface area contributed by atoms with Gasteiger partial charge in [0.15, 0.2) is 5.69 Å². The fraction of sp³-hybridized carbons (Fsp3) is 0.0588. The van der Waals surface area contributed by atoms with Crippen molar-refractivity contribution in [2.24, 2.45) is 0 Å². The molecule has 0 aliphatic carbocycles. The van der Waals surface area contributed by atoms with Gasteiger partial charge in [-0.05, 0) is 24.3 Å². The Hall–Kier alpha value is -3.09. The van der Waals surface area contributed by atoms with E-state index < -0.39 is 23.3 Å². The molecule has 4 nitrogen and oxygen atoms in total. The monoisotopic (exact) mass is 332 g/mol. The predicted octanol–water partition coefficient (Wildman–Crippen LogP) is 4.41. The van der Waals surface area contributed by atoms with E-state index in [1.807, 2.05) is 0 Å². The molecule has 3 rings (SSSR count). The Kier molecular flexibility index (Phi) is 3.84. The molecule has 1 aromatic heterocycles. The van der Waals surface area contributed by atoms with Crippen LogP contribution >= 0.6 is 0 Å². The Balaban J connectivity index is 2.21. The lowest BCUT2D eigenvalue weighted by atomic mass is 10.1. The molecule has 0 radical (unpaired) electrons. The number of phenolic OH excluding ortho intramolecular Hbond substituents is 1. The number of aliphatic hydroxyl groups excluding tert-OH is 1. The van der Waals surface area contributed by atoms with Gasteiger partial charge in [-0.3, -0.25) is 0 Å². The van der Waals surface area contributed by atoms with Crippen molar-refractivity contribution >= 4 is 22.9 Å². The first-order chi connectivity index (χ1) is 11.4. The molecular weight excluding hydrogens is 321 g/mol. The van der Waals surface area contributed by atoms with Crippen LogP contribution in [-0.2, 0) is 6.18 Å². The number of aromatic hydroxyl groups is 1. The maximum Gasteiger partial charge on any atom is 0.435 e. The Morgan fingerprint density at radius 3 is 2.12 bits per heavy atom. The molecule has 7 heteroatoms. The molecule has 0 fully saturated rings. The van der Waals surface area contributed by atoms with Gasteiger partial charge in [0.25, 0.3) is 0 Å². The van der Waals surface area contributed by atoms with Crippen molar-refractivity contribution in [3.05, 3.63) is 65.5 Å². The fourth-order valence-electron chi connectivity index (χ4n) is 2.22. The SMILES string of the molecule is O/C(=C\c1nc2ccccc2nc1C(F)(F)F)c1ccccc1O. The first-order valence-electron chi connectivity index (χ1n) is 6.89. The Labute approximate surface area is 134 Å². The van der Waals surface area contributed by atoms with Crippen molar-refractivity contribution in [1.82, 2.24) is 9.97 Å². The van der Waals surface area contributed by atoms with E-state index in [1.165, 1.54) is 36.4 Å². The molecule has 0 atom stereocenters. The smallest absolute Gasteiger partial charge is 0.435 e. The number of aliphatic hydroxyl groups is 1. The largest absolute Gasteiger partial charge is 0.507 e. The minimum Gasteiger partial charge on any atom is -0.507 e. The standard InChI is InChI=1S/C17H11F3N2O2/c18-17(19,20)16-13(21-11-6-2-3-7-12(11)22-16)9-15(24)10-5-1-4-8-14(10)23/h1-9,23-24H/b15-9-. The molecule has 1 heterocycles. The molecule has 3 aromatic rings. The van der Waals surface area contributed by atoms with Gasteiger partial charge in [-0.25, -0.2) is 9.97 Å². The highest BCUT2D eigenvalue weighted by Crippen LogP contribution is 2.33. The van der Waals surface area contributed by atoms with Crippen LogP contribution in [0.4, 0.5) is 13.2 Å². The van der Waals surface area contributed by atoms with Gasteiger partial charge in [0, 0.05) is 6.08 Å². The molecule has 0 unspecified atom stereocenters. The van der Waals surface area contributed by atoms with Gasteiger partial charge in [0.2, 0.25) is 0 Å². The van der Waals surface area contributed by atoms with Crippen LogP contribution in [0.1, 0.15) is 17.0 Å². The number of hydrogen-bond acceptors (Lipinski definition) is 4. The maximum atomic E-state index is 13.2. The average molecular weight is 332 g/mol. The summed E-state index contributed by atoms with van der Waals surface area (Å²) in [6.45, 7) is 0. The first kappa shape index (κ1) is 15.8. The molecule has 24 heavy (non-hydrogen) atoms. The van der Waals surface area contributed by atoms with Crippen LogP contribution in [0.15, 0.2) is 48.5 Å². The summed E-state index contributed by atoms with van der Waals surface area (Å²) in [4.78, 5) is 7.55. The molecule has 2 N–H and O–H groups in total. The molecule has 0 aliphatic heterocycles. The highest BCUT2D eigenvalue weighted by molar-refractivity contribution is 5.81. The van der Waals surface area contributed by atoms with Gasteiger partial charge >= 0.3 is 6.18 Å². The summed E-state index contributed by atoms with van der Waals surface area (Å²) in [7, 11) is 0. The molecule has 0 bridgehead atoms. The van der Waals surface area contributed by atoms with Crippen LogP contribution in [0.2, 0.25) is 0 Å². The van der Waals surface area contributed by atoms with Crippen molar-refractivity contribution < 1.29 is 23.4 Å². The summed E-state index contributed by atoms with van der Waals surface area (Å²) < 4.78 is 39.7. The lowest BCUT2D eigenvalue weighted by molar-refractivity contribution is -0.141. The van der Waals surface area contributed by atoms with Crippen LogP contribution in [0.25, 0.3) is 22.9 Å². The van der Waals surface area contributed by atoms with E-state index in [0.29, 0.717) is 0 Å². The minimum atomic E-state index is -4.73. The summed E-state index contributed by atoms with van der Waals surface area (Å²) in [6.07, 6.45) is -3.89. The van der Waals surface area contributed by atoms with Gasteiger partial charge in [-0.1, -0.05) is 24.3 Å². The third-order valence-corrected chi connectivity index (χ3v) is 3.32. The highest BCUT2D eigenvalue weighted by Gasteiger charge is 2.36. The van der Waals surface area contributed by atoms with Crippen LogP contribution in [-0.4, -0.2) is 20.2 Å². The van der Waals surface area contributed by atoms with E-state index in [9.17, 15) is 23.4 Å². The molecule has 2 aromatic carbocycles. The summed E-state index contributed by atoms with van der Waals surface area (Å²) >= 11 is 0. The van der Waals surface area contributed by atoms with Gasteiger partial charge in [0.1, 0.15) is 11.5 Å². The molecule has 0 amide bonds. The van der Waals surface area contributed by atoms with Gasteiger partial charge in [-0.15, -0.1) is 0 Å². The number of phenols is 1. The van der Waals surface area contributed by atoms with Crippen molar-refractivity contribution in [2.75, 3.05) is 0 Å². The second kappa shape index (κ2) is 5.84. The number of fused-ring (bicyclic) bond motifs is 1. The van der Waals surface area contributed by atoms with E-state index in [1.54, 1.807) is 12.1 Å². The zero-order valence-corrected chi connectivity index (χ0v) is 12.1. The zero-order chi connectivity index (χ0) is 17.3. The lowest BCUT2D eigenvalue weighted by Crippen LogP contribution is -2.12. The van der Waals surface area contributed by atoms with E-state index >= 15 is 0 Å². The number of para-hydroxylation sites is 3. The fourth-order valence-corrected chi connectivity index (χ4v) is 2.22. The summed E-state index contributed by atoms with van der Waals surface area (Å²) in [6, 6.07) is 11.9. The Morgan fingerprint density at radius 2 is 1.50 bits per heavy atom. The normalized spacial score (nSPS) is 12.5. The molecule has 0 spiro atoms. The Bertz CT molecular complexity index is 937. The van der Waals surface area contributed by atoms with E-state index in [4.69, 9.17) is 0 Å². The van der Waals surface area contributed by atoms with Crippen molar-refractivity contribution in [3.8, 4) is 5.75 Å². The summed E-state index contributed by atoms with van der Waals surface area (Å²) in [5.74, 6) is -0.795. The molecule has 122 valence electrons. The summed E-state index contributed by atoms with van der Waals surface area (Å²) in [5.41, 5.74) is -1.36. The number of rotatable bonds is 2. The number of nitrogens with zero attached hydrogens (tertiary/aromatic N) is 2. The zero-order valence-electron chi connectivity index (χ0n) is 12.1. The molecule has 0 saturated carbocycles. The predicted molar refractivity (Wildman–Crippen MR) is 83.1 cm³/mol. The molecule has 0 aliphatic rings. The number of hydrogen-bond donors (Lipinski definition) is 2. The van der Waals surface area contributed by atoms with E-state index in [2.05, 4.69) is 9.97 Å². The minimum absolute atomic E-state index is 0.000540. The number of benzene rings is 2. The number of alkyl halides is 3. The number of halogens is 3. The second-order valence-electron chi connectivity index (χ2n) is 4.99. The molecule has 0 saturated heterocycles. The van der Waals surface area contributed by atoms with Crippen LogP contribution in [0, 0.1) is 0 Å². The average Bonchev–Trinajstić information content (AvgIpc) is 2.53.